The molecule has 0 aliphatic heterocycles. The number of hydrogen-bond donors (Lipinski definition) is 1. The lowest BCUT2D eigenvalue weighted by molar-refractivity contribution is 0.101. The molecule has 0 aliphatic rings. The molecule has 2 aromatic rings. The number of ketones is 1. The molecule has 0 spiro atoms. The van der Waals surface area contributed by atoms with Gasteiger partial charge in [0, 0.05) is 19.3 Å². The van der Waals surface area contributed by atoms with E-state index in [0.717, 1.165) is 11.3 Å². The second-order valence-electron chi connectivity index (χ2n) is 3.53. The van der Waals surface area contributed by atoms with Crippen LogP contribution < -0.4 is 5.32 Å². The van der Waals surface area contributed by atoms with E-state index in [1.165, 1.54) is 25.5 Å². The third-order valence-corrected chi connectivity index (χ3v) is 3.31. The SMILES string of the molecule is CC(=O)c1sc(NC(=O)c2cnccn2)nc1C. The fourth-order valence-corrected chi connectivity index (χ4v) is 2.21. The van der Waals surface area contributed by atoms with E-state index in [0.29, 0.717) is 15.7 Å². The molecular formula is C11H10N4O2S. The Bertz CT molecular complexity index is 594. The van der Waals surface area contributed by atoms with Crippen LogP contribution in [-0.2, 0) is 0 Å². The number of nitrogens with zero attached hydrogens (tertiary/aromatic N) is 3. The van der Waals surface area contributed by atoms with Gasteiger partial charge < -0.3 is 0 Å². The molecular weight excluding hydrogens is 252 g/mol. The Morgan fingerprint density at radius 3 is 2.67 bits per heavy atom. The van der Waals surface area contributed by atoms with Gasteiger partial charge in [0.2, 0.25) is 0 Å². The summed E-state index contributed by atoms with van der Waals surface area (Å²) in [6.45, 7) is 3.19. The second kappa shape index (κ2) is 5.01. The van der Waals surface area contributed by atoms with Crippen molar-refractivity contribution >= 4 is 28.2 Å². The predicted molar refractivity (Wildman–Crippen MR) is 66.8 cm³/mol. The molecule has 0 saturated carbocycles. The van der Waals surface area contributed by atoms with E-state index in [4.69, 9.17) is 0 Å². The number of aromatic nitrogens is 3. The first-order valence-electron chi connectivity index (χ1n) is 5.13. The Balaban J connectivity index is 2.18. The van der Waals surface area contributed by atoms with Crippen LogP contribution in [0.2, 0.25) is 0 Å². The molecule has 0 atom stereocenters. The zero-order valence-corrected chi connectivity index (χ0v) is 10.6. The average molecular weight is 262 g/mol. The smallest absolute Gasteiger partial charge is 0.277 e. The topological polar surface area (TPSA) is 84.8 Å². The van der Waals surface area contributed by atoms with Gasteiger partial charge in [0.1, 0.15) is 5.69 Å². The molecule has 92 valence electrons. The lowest BCUT2D eigenvalue weighted by atomic mass is 10.3. The van der Waals surface area contributed by atoms with E-state index in [1.807, 2.05) is 0 Å². The quantitative estimate of drug-likeness (QED) is 0.851. The van der Waals surface area contributed by atoms with Gasteiger partial charge in [0.15, 0.2) is 10.9 Å². The largest absolute Gasteiger partial charge is 0.296 e. The summed E-state index contributed by atoms with van der Waals surface area (Å²) in [7, 11) is 0. The van der Waals surface area contributed by atoms with Gasteiger partial charge in [0.25, 0.3) is 5.91 Å². The van der Waals surface area contributed by atoms with Crippen LogP contribution in [0.15, 0.2) is 18.6 Å². The second-order valence-corrected chi connectivity index (χ2v) is 4.53. The maximum Gasteiger partial charge on any atom is 0.277 e. The van der Waals surface area contributed by atoms with E-state index in [9.17, 15) is 9.59 Å². The van der Waals surface area contributed by atoms with Crippen LogP contribution in [0.3, 0.4) is 0 Å². The minimum atomic E-state index is -0.396. The van der Waals surface area contributed by atoms with Crippen LogP contribution in [0, 0.1) is 6.92 Å². The Hall–Kier alpha value is -2.15. The molecule has 1 amide bonds. The minimum Gasteiger partial charge on any atom is -0.296 e. The molecule has 2 heterocycles. The molecule has 2 rings (SSSR count). The van der Waals surface area contributed by atoms with Crippen LogP contribution in [0.5, 0.6) is 0 Å². The highest BCUT2D eigenvalue weighted by molar-refractivity contribution is 7.17. The van der Waals surface area contributed by atoms with Gasteiger partial charge in [-0.25, -0.2) is 9.97 Å². The van der Waals surface area contributed by atoms with Crippen LogP contribution in [0.4, 0.5) is 5.13 Å². The molecule has 2 aromatic heterocycles. The number of Topliss-reactive ketones (excluding diaryl/α,β-unsaturated/α-hetero) is 1. The Morgan fingerprint density at radius 2 is 2.11 bits per heavy atom. The standard InChI is InChI=1S/C11H10N4O2S/c1-6-9(7(2)16)18-11(14-6)15-10(17)8-5-12-3-4-13-8/h3-5H,1-2H3,(H,14,15,17). The summed E-state index contributed by atoms with van der Waals surface area (Å²) >= 11 is 1.15. The van der Waals surface area contributed by atoms with Crippen LogP contribution >= 0.6 is 11.3 Å². The lowest BCUT2D eigenvalue weighted by Crippen LogP contribution is -2.13. The third-order valence-electron chi connectivity index (χ3n) is 2.13. The average Bonchev–Trinajstić information content (AvgIpc) is 2.71. The first-order valence-corrected chi connectivity index (χ1v) is 5.95. The lowest BCUT2D eigenvalue weighted by Gasteiger charge is -1.98. The van der Waals surface area contributed by atoms with Crippen molar-refractivity contribution < 1.29 is 9.59 Å². The molecule has 0 aromatic carbocycles. The Morgan fingerprint density at radius 1 is 1.33 bits per heavy atom. The maximum atomic E-state index is 11.8. The first-order chi connectivity index (χ1) is 8.58. The molecule has 0 fully saturated rings. The highest BCUT2D eigenvalue weighted by atomic mass is 32.1. The number of rotatable bonds is 3. The maximum absolute atomic E-state index is 11.8. The van der Waals surface area contributed by atoms with Crippen molar-refractivity contribution in [2.75, 3.05) is 5.32 Å². The first kappa shape index (κ1) is 12.3. The Kier molecular flexibility index (Phi) is 3.42. The van der Waals surface area contributed by atoms with Crippen molar-refractivity contribution in [1.29, 1.82) is 0 Å². The van der Waals surface area contributed by atoms with Crippen molar-refractivity contribution in [3.05, 3.63) is 34.9 Å². The van der Waals surface area contributed by atoms with Crippen LogP contribution in [0.1, 0.15) is 32.8 Å². The fraction of sp³-hybridized carbons (Fsp3) is 0.182. The molecule has 0 bridgehead atoms. The van der Waals surface area contributed by atoms with E-state index in [2.05, 4.69) is 20.3 Å². The van der Waals surface area contributed by atoms with Crippen molar-refractivity contribution in [2.45, 2.75) is 13.8 Å². The van der Waals surface area contributed by atoms with Crippen molar-refractivity contribution in [1.82, 2.24) is 15.0 Å². The molecule has 0 radical (unpaired) electrons. The zero-order chi connectivity index (χ0) is 13.1. The summed E-state index contributed by atoms with van der Waals surface area (Å²) in [6, 6.07) is 0. The molecule has 0 unspecified atom stereocenters. The van der Waals surface area contributed by atoms with Gasteiger partial charge >= 0.3 is 0 Å². The zero-order valence-electron chi connectivity index (χ0n) is 9.80. The summed E-state index contributed by atoms with van der Waals surface area (Å²) in [6.07, 6.45) is 4.28. The van der Waals surface area contributed by atoms with Gasteiger partial charge in [-0.2, -0.15) is 0 Å². The van der Waals surface area contributed by atoms with Gasteiger partial charge in [-0.05, 0) is 6.92 Å². The van der Waals surface area contributed by atoms with Crippen molar-refractivity contribution in [2.24, 2.45) is 0 Å². The van der Waals surface area contributed by atoms with Crippen molar-refractivity contribution in [3.8, 4) is 0 Å². The molecule has 18 heavy (non-hydrogen) atoms. The van der Waals surface area contributed by atoms with Gasteiger partial charge in [-0.15, -0.1) is 0 Å². The monoisotopic (exact) mass is 262 g/mol. The summed E-state index contributed by atoms with van der Waals surface area (Å²) in [4.78, 5) is 35.4. The van der Waals surface area contributed by atoms with Gasteiger partial charge in [-0.1, -0.05) is 11.3 Å². The summed E-state index contributed by atoms with van der Waals surface area (Å²) in [5.41, 5.74) is 0.816. The molecule has 7 heteroatoms. The fourth-order valence-electron chi connectivity index (χ4n) is 1.35. The summed E-state index contributed by atoms with van der Waals surface area (Å²) in [5, 5.41) is 2.97. The molecule has 6 nitrogen and oxygen atoms in total. The van der Waals surface area contributed by atoms with E-state index in [1.54, 1.807) is 6.92 Å². The van der Waals surface area contributed by atoms with E-state index in [-0.39, 0.29) is 11.5 Å². The molecule has 1 N–H and O–H groups in total. The van der Waals surface area contributed by atoms with Gasteiger partial charge in [0.05, 0.1) is 16.8 Å². The number of nitrogens with one attached hydrogen (secondary N) is 1. The number of carbonyl (C=O) groups is 2. The highest BCUT2D eigenvalue weighted by Crippen LogP contribution is 2.23. The highest BCUT2D eigenvalue weighted by Gasteiger charge is 2.14. The van der Waals surface area contributed by atoms with E-state index >= 15 is 0 Å². The number of aryl methyl sites for hydroxylation is 1. The third kappa shape index (κ3) is 2.57. The number of amides is 1. The number of carbonyl (C=O) groups excluding carboxylic acids is 2. The number of anilines is 1. The van der Waals surface area contributed by atoms with E-state index < -0.39 is 5.91 Å². The van der Waals surface area contributed by atoms with Crippen molar-refractivity contribution in [3.63, 3.8) is 0 Å². The summed E-state index contributed by atoms with van der Waals surface area (Å²) < 4.78 is 0. The Labute approximate surface area is 107 Å². The summed E-state index contributed by atoms with van der Waals surface area (Å²) in [5.74, 6) is -0.461. The molecule has 0 saturated heterocycles. The number of hydrogen-bond acceptors (Lipinski definition) is 6. The number of thiazole rings is 1. The minimum absolute atomic E-state index is 0.0648. The predicted octanol–water partition coefficient (Wildman–Crippen LogP) is 1.70. The van der Waals surface area contributed by atoms with Crippen LogP contribution in [0.25, 0.3) is 0 Å². The van der Waals surface area contributed by atoms with Gasteiger partial charge in [-0.3, -0.25) is 19.9 Å². The van der Waals surface area contributed by atoms with Crippen LogP contribution in [-0.4, -0.2) is 26.6 Å². The molecule has 0 aliphatic carbocycles. The normalized spacial score (nSPS) is 10.1.